The Labute approximate surface area is 86.1 Å². The van der Waals surface area contributed by atoms with Crippen molar-refractivity contribution in [3.05, 3.63) is 34.9 Å². The van der Waals surface area contributed by atoms with E-state index < -0.39 is 11.7 Å². The molecule has 15 heavy (non-hydrogen) atoms. The summed E-state index contributed by atoms with van der Waals surface area (Å²) in [5.41, 5.74) is 6.87. The standard InChI is InChI=1S/C11H12F3N/c12-11(13,14)8-4-5-9-7(6-8)2-1-3-10(9)15/h4-6,10H,1-3,15H2. The number of hydrogen-bond donors (Lipinski definition) is 1. The molecule has 0 bridgehead atoms. The molecule has 1 aliphatic rings. The Bertz CT molecular complexity index is 371. The molecular formula is C11H12F3N. The van der Waals surface area contributed by atoms with E-state index in [1.165, 1.54) is 12.1 Å². The van der Waals surface area contributed by atoms with Gasteiger partial charge in [0.15, 0.2) is 0 Å². The van der Waals surface area contributed by atoms with Crippen LogP contribution in [0.2, 0.25) is 0 Å². The van der Waals surface area contributed by atoms with E-state index in [-0.39, 0.29) is 6.04 Å². The van der Waals surface area contributed by atoms with E-state index in [1.54, 1.807) is 0 Å². The van der Waals surface area contributed by atoms with Crippen molar-refractivity contribution in [2.75, 3.05) is 0 Å². The molecule has 0 amide bonds. The number of rotatable bonds is 0. The summed E-state index contributed by atoms with van der Waals surface area (Å²) in [6.07, 6.45) is -1.82. The quantitative estimate of drug-likeness (QED) is 0.707. The lowest BCUT2D eigenvalue weighted by atomic mass is 9.87. The van der Waals surface area contributed by atoms with Gasteiger partial charge in [-0.1, -0.05) is 6.07 Å². The summed E-state index contributed by atoms with van der Waals surface area (Å²) >= 11 is 0. The number of hydrogen-bond acceptors (Lipinski definition) is 1. The number of benzene rings is 1. The maximum absolute atomic E-state index is 12.4. The largest absolute Gasteiger partial charge is 0.416 e. The van der Waals surface area contributed by atoms with Crippen LogP contribution in [0.15, 0.2) is 18.2 Å². The summed E-state index contributed by atoms with van der Waals surface area (Å²) in [4.78, 5) is 0. The average Bonchev–Trinajstić information content (AvgIpc) is 2.16. The molecule has 1 unspecified atom stereocenters. The zero-order chi connectivity index (χ0) is 11.1. The molecular weight excluding hydrogens is 203 g/mol. The lowest BCUT2D eigenvalue weighted by Crippen LogP contribution is -2.18. The third-order valence-electron chi connectivity index (χ3n) is 2.83. The van der Waals surface area contributed by atoms with Crippen molar-refractivity contribution in [3.63, 3.8) is 0 Å². The fourth-order valence-corrected chi connectivity index (χ4v) is 2.03. The van der Waals surface area contributed by atoms with Gasteiger partial charge in [-0.05, 0) is 42.5 Å². The van der Waals surface area contributed by atoms with Crippen molar-refractivity contribution in [1.29, 1.82) is 0 Å². The predicted molar refractivity (Wildman–Crippen MR) is 51.3 cm³/mol. The number of nitrogens with two attached hydrogens (primary N) is 1. The topological polar surface area (TPSA) is 26.0 Å². The zero-order valence-electron chi connectivity index (χ0n) is 8.14. The van der Waals surface area contributed by atoms with Crippen molar-refractivity contribution in [2.24, 2.45) is 5.73 Å². The van der Waals surface area contributed by atoms with E-state index in [9.17, 15) is 13.2 Å². The third kappa shape index (κ3) is 2.00. The molecule has 1 aliphatic carbocycles. The monoisotopic (exact) mass is 215 g/mol. The molecule has 0 spiro atoms. The van der Waals surface area contributed by atoms with Crippen LogP contribution in [0.3, 0.4) is 0 Å². The van der Waals surface area contributed by atoms with Gasteiger partial charge in [-0.25, -0.2) is 0 Å². The molecule has 82 valence electrons. The van der Waals surface area contributed by atoms with Crippen molar-refractivity contribution < 1.29 is 13.2 Å². The number of alkyl halides is 3. The summed E-state index contributed by atoms with van der Waals surface area (Å²) in [6, 6.07) is 3.76. The first-order chi connectivity index (χ1) is 6.98. The van der Waals surface area contributed by atoms with Crippen molar-refractivity contribution in [2.45, 2.75) is 31.5 Å². The Kier molecular flexibility index (Phi) is 2.46. The Balaban J connectivity index is 2.42. The van der Waals surface area contributed by atoms with Gasteiger partial charge >= 0.3 is 6.18 Å². The number of fused-ring (bicyclic) bond motifs is 1. The van der Waals surface area contributed by atoms with Crippen LogP contribution in [0.5, 0.6) is 0 Å². The van der Waals surface area contributed by atoms with E-state index in [4.69, 9.17) is 5.73 Å². The van der Waals surface area contributed by atoms with Crippen LogP contribution in [0.4, 0.5) is 13.2 Å². The fourth-order valence-electron chi connectivity index (χ4n) is 2.03. The molecule has 0 radical (unpaired) electrons. The molecule has 0 heterocycles. The molecule has 0 saturated carbocycles. The zero-order valence-corrected chi connectivity index (χ0v) is 8.14. The van der Waals surface area contributed by atoms with Crippen LogP contribution < -0.4 is 5.73 Å². The maximum atomic E-state index is 12.4. The molecule has 0 aromatic heterocycles. The summed E-state index contributed by atoms with van der Waals surface area (Å²) in [5, 5.41) is 0. The molecule has 0 fully saturated rings. The SMILES string of the molecule is NC1CCCc2cc(C(F)(F)F)ccc21. The van der Waals surface area contributed by atoms with Crippen LogP contribution >= 0.6 is 0 Å². The first-order valence-corrected chi connectivity index (χ1v) is 4.94. The molecule has 2 N–H and O–H groups in total. The van der Waals surface area contributed by atoms with Crippen LogP contribution in [0, 0.1) is 0 Å². The second-order valence-electron chi connectivity index (χ2n) is 3.91. The van der Waals surface area contributed by atoms with Crippen molar-refractivity contribution >= 4 is 0 Å². The van der Waals surface area contributed by atoms with Crippen molar-refractivity contribution in [3.8, 4) is 0 Å². The van der Waals surface area contributed by atoms with E-state index in [0.717, 1.165) is 30.0 Å². The number of aryl methyl sites for hydroxylation is 1. The molecule has 0 saturated heterocycles. The highest BCUT2D eigenvalue weighted by molar-refractivity contribution is 5.36. The highest BCUT2D eigenvalue weighted by Crippen LogP contribution is 2.34. The summed E-state index contributed by atoms with van der Waals surface area (Å²) in [7, 11) is 0. The molecule has 4 heteroatoms. The smallest absolute Gasteiger partial charge is 0.324 e. The van der Waals surface area contributed by atoms with Gasteiger partial charge in [-0.15, -0.1) is 0 Å². The Morgan fingerprint density at radius 2 is 2.00 bits per heavy atom. The fraction of sp³-hybridized carbons (Fsp3) is 0.455. The molecule has 1 aromatic carbocycles. The van der Waals surface area contributed by atoms with Gasteiger partial charge in [-0.3, -0.25) is 0 Å². The van der Waals surface area contributed by atoms with Gasteiger partial charge in [0.2, 0.25) is 0 Å². The van der Waals surface area contributed by atoms with Gasteiger partial charge < -0.3 is 5.73 Å². The van der Waals surface area contributed by atoms with Crippen LogP contribution in [-0.2, 0) is 12.6 Å². The Morgan fingerprint density at radius 3 is 2.67 bits per heavy atom. The molecule has 1 atom stereocenters. The Morgan fingerprint density at radius 1 is 1.27 bits per heavy atom. The first kappa shape index (κ1) is 10.5. The second-order valence-corrected chi connectivity index (χ2v) is 3.91. The van der Waals surface area contributed by atoms with E-state index >= 15 is 0 Å². The van der Waals surface area contributed by atoms with Crippen LogP contribution in [0.1, 0.15) is 35.6 Å². The first-order valence-electron chi connectivity index (χ1n) is 4.94. The minimum Gasteiger partial charge on any atom is -0.324 e. The normalized spacial score (nSPS) is 21.2. The third-order valence-corrected chi connectivity index (χ3v) is 2.83. The average molecular weight is 215 g/mol. The minimum absolute atomic E-state index is 0.101. The highest BCUT2D eigenvalue weighted by Gasteiger charge is 2.31. The lowest BCUT2D eigenvalue weighted by molar-refractivity contribution is -0.137. The summed E-state index contributed by atoms with van der Waals surface area (Å²) in [5.74, 6) is 0. The van der Waals surface area contributed by atoms with Gasteiger partial charge in [0.1, 0.15) is 0 Å². The predicted octanol–water partition coefficient (Wildman–Crippen LogP) is 3.04. The molecule has 0 aliphatic heterocycles. The second kappa shape index (κ2) is 3.52. The van der Waals surface area contributed by atoms with Gasteiger partial charge in [0.05, 0.1) is 5.56 Å². The molecule has 1 aromatic rings. The van der Waals surface area contributed by atoms with Gasteiger partial charge in [-0.2, -0.15) is 13.2 Å². The van der Waals surface area contributed by atoms with Gasteiger partial charge in [0, 0.05) is 6.04 Å². The van der Waals surface area contributed by atoms with E-state index in [0.29, 0.717) is 6.42 Å². The highest BCUT2D eigenvalue weighted by atomic mass is 19.4. The van der Waals surface area contributed by atoms with E-state index in [2.05, 4.69) is 0 Å². The maximum Gasteiger partial charge on any atom is 0.416 e. The Hall–Kier alpha value is -1.03. The molecule has 1 nitrogen and oxygen atoms in total. The minimum atomic E-state index is -4.25. The summed E-state index contributed by atoms with van der Waals surface area (Å²) < 4.78 is 37.3. The van der Waals surface area contributed by atoms with Gasteiger partial charge in [0.25, 0.3) is 0 Å². The van der Waals surface area contributed by atoms with Crippen molar-refractivity contribution in [1.82, 2.24) is 0 Å². The molecule has 2 rings (SSSR count). The lowest BCUT2D eigenvalue weighted by Gasteiger charge is -2.23. The number of halogens is 3. The van der Waals surface area contributed by atoms with E-state index in [1.807, 2.05) is 0 Å². The van der Waals surface area contributed by atoms with Crippen LogP contribution in [0.25, 0.3) is 0 Å². The van der Waals surface area contributed by atoms with Crippen LogP contribution in [-0.4, -0.2) is 0 Å². The summed E-state index contributed by atoms with van der Waals surface area (Å²) in [6.45, 7) is 0.